The van der Waals surface area contributed by atoms with Crippen LogP contribution in [0.3, 0.4) is 0 Å². The zero-order chi connectivity index (χ0) is 16.4. The summed E-state index contributed by atoms with van der Waals surface area (Å²) in [4.78, 5) is 11.8. The van der Waals surface area contributed by atoms with E-state index in [1.54, 1.807) is 23.7 Å². The van der Waals surface area contributed by atoms with Gasteiger partial charge in [-0.05, 0) is 35.6 Å². The zero-order valence-electron chi connectivity index (χ0n) is 12.4. The first-order chi connectivity index (χ1) is 11.1. The fraction of sp³-hybridized carbons (Fsp3) is 0.176. The van der Waals surface area contributed by atoms with Crippen LogP contribution in [0.4, 0.5) is 5.82 Å². The van der Waals surface area contributed by atoms with E-state index in [4.69, 9.17) is 29.6 Å². The number of halogens is 2. The van der Waals surface area contributed by atoms with Crippen LogP contribution in [0, 0.1) is 19.3 Å². The molecule has 0 aliphatic rings. The van der Waals surface area contributed by atoms with Gasteiger partial charge in [-0.25, -0.2) is 9.97 Å². The Kier molecular flexibility index (Phi) is 4.72. The second-order valence-corrected chi connectivity index (χ2v) is 6.79. The second-order valence-electron chi connectivity index (χ2n) is 5.09. The number of anilines is 1. The molecule has 0 N–H and O–H groups in total. The molecule has 0 saturated carbocycles. The molecule has 0 unspecified atom stereocenters. The van der Waals surface area contributed by atoms with Crippen LogP contribution >= 0.6 is 34.5 Å². The number of terminal acetylenes is 1. The molecule has 1 aromatic carbocycles. The maximum atomic E-state index is 6.30. The Labute approximate surface area is 148 Å². The summed E-state index contributed by atoms with van der Waals surface area (Å²) in [5, 5.41) is 4.34. The molecule has 0 bridgehead atoms. The minimum atomic E-state index is 0.431. The first-order valence-corrected chi connectivity index (χ1v) is 8.55. The van der Waals surface area contributed by atoms with Crippen LogP contribution in [0.2, 0.25) is 10.0 Å². The number of benzene rings is 1. The van der Waals surface area contributed by atoms with Crippen LogP contribution in [-0.4, -0.2) is 16.5 Å². The SMILES string of the molecule is C#CCN(Cc1ccc(Cl)cc1Cl)c1ncnc2scc(C)c12. The summed E-state index contributed by atoms with van der Waals surface area (Å²) in [7, 11) is 0. The molecule has 0 radical (unpaired) electrons. The first kappa shape index (κ1) is 16.1. The van der Waals surface area contributed by atoms with Gasteiger partial charge in [0.25, 0.3) is 0 Å². The topological polar surface area (TPSA) is 29.0 Å². The van der Waals surface area contributed by atoms with E-state index in [0.717, 1.165) is 27.2 Å². The number of fused-ring (bicyclic) bond motifs is 1. The highest BCUT2D eigenvalue weighted by Gasteiger charge is 2.16. The monoisotopic (exact) mass is 361 g/mol. The third kappa shape index (κ3) is 3.28. The normalized spacial score (nSPS) is 10.7. The van der Waals surface area contributed by atoms with Crippen molar-refractivity contribution in [2.45, 2.75) is 13.5 Å². The number of aromatic nitrogens is 2. The van der Waals surface area contributed by atoms with E-state index in [0.29, 0.717) is 23.1 Å². The van der Waals surface area contributed by atoms with Crippen LogP contribution in [0.1, 0.15) is 11.1 Å². The predicted octanol–water partition coefficient (Wildman–Crippen LogP) is 4.95. The Morgan fingerprint density at radius 1 is 1.30 bits per heavy atom. The predicted molar refractivity (Wildman–Crippen MR) is 98.5 cm³/mol. The Morgan fingerprint density at radius 3 is 2.87 bits per heavy atom. The second kappa shape index (κ2) is 6.76. The Morgan fingerprint density at radius 2 is 2.13 bits per heavy atom. The molecule has 3 aromatic rings. The number of rotatable bonds is 4. The summed E-state index contributed by atoms with van der Waals surface area (Å²) in [6.07, 6.45) is 7.12. The fourth-order valence-corrected chi connectivity index (χ4v) is 3.76. The Hall–Kier alpha value is -1.80. The molecule has 6 heteroatoms. The fourth-order valence-electron chi connectivity index (χ4n) is 2.41. The lowest BCUT2D eigenvalue weighted by molar-refractivity contribution is 0.859. The molecule has 2 heterocycles. The largest absolute Gasteiger partial charge is 0.340 e. The van der Waals surface area contributed by atoms with Crippen LogP contribution in [0.25, 0.3) is 10.2 Å². The molecule has 0 saturated heterocycles. The molecule has 0 amide bonds. The van der Waals surface area contributed by atoms with Gasteiger partial charge in [-0.1, -0.05) is 35.2 Å². The van der Waals surface area contributed by atoms with Gasteiger partial charge in [0.2, 0.25) is 0 Å². The maximum Gasteiger partial charge on any atom is 0.142 e. The molecule has 0 spiro atoms. The van der Waals surface area contributed by atoms with Crippen LogP contribution in [0.5, 0.6) is 0 Å². The quantitative estimate of drug-likeness (QED) is 0.615. The summed E-state index contributed by atoms with van der Waals surface area (Å²) < 4.78 is 0. The molecule has 2 aromatic heterocycles. The van der Waals surface area contributed by atoms with Gasteiger partial charge in [0.05, 0.1) is 11.9 Å². The minimum absolute atomic E-state index is 0.431. The Balaban J connectivity index is 2.04. The molecule has 0 fully saturated rings. The lowest BCUT2D eigenvalue weighted by atomic mass is 10.2. The first-order valence-electron chi connectivity index (χ1n) is 6.91. The third-order valence-corrected chi connectivity index (χ3v) is 5.08. The number of hydrogen-bond acceptors (Lipinski definition) is 4. The molecule has 0 atom stereocenters. The minimum Gasteiger partial charge on any atom is -0.340 e. The van der Waals surface area contributed by atoms with Gasteiger partial charge >= 0.3 is 0 Å². The average molecular weight is 362 g/mol. The van der Waals surface area contributed by atoms with E-state index in [2.05, 4.69) is 28.2 Å². The highest BCUT2D eigenvalue weighted by Crippen LogP contribution is 2.32. The van der Waals surface area contributed by atoms with Crippen molar-refractivity contribution >= 4 is 50.6 Å². The Bertz CT molecular complexity index is 898. The van der Waals surface area contributed by atoms with E-state index in [1.165, 1.54) is 0 Å². The summed E-state index contributed by atoms with van der Waals surface area (Å²) in [5.41, 5.74) is 2.09. The van der Waals surface area contributed by atoms with Crippen molar-refractivity contribution in [3.8, 4) is 12.3 Å². The highest BCUT2D eigenvalue weighted by atomic mass is 35.5. The van der Waals surface area contributed by atoms with E-state index in [1.807, 2.05) is 17.0 Å². The van der Waals surface area contributed by atoms with Crippen molar-refractivity contribution in [3.63, 3.8) is 0 Å². The zero-order valence-corrected chi connectivity index (χ0v) is 14.7. The maximum absolute atomic E-state index is 6.30. The lowest BCUT2D eigenvalue weighted by Gasteiger charge is -2.23. The van der Waals surface area contributed by atoms with E-state index < -0.39 is 0 Å². The molecule has 23 heavy (non-hydrogen) atoms. The van der Waals surface area contributed by atoms with Crippen molar-refractivity contribution in [1.29, 1.82) is 0 Å². The van der Waals surface area contributed by atoms with Crippen molar-refractivity contribution in [3.05, 3.63) is 51.1 Å². The molecule has 0 aliphatic carbocycles. The molecule has 0 aliphatic heterocycles. The van der Waals surface area contributed by atoms with Crippen molar-refractivity contribution in [2.75, 3.05) is 11.4 Å². The number of thiophene rings is 1. The van der Waals surface area contributed by atoms with E-state index in [9.17, 15) is 0 Å². The average Bonchev–Trinajstić information content (AvgIpc) is 2.91. The van der Waals surface area contributed by atoms with Gasteiger partial charge in [-0.15, -0.1) is 17.8 Å². The van der Waals surface area contributed by atoms with E-state index in [-0.39, 0.29) is 0 Å². The summed E-state index contributed by atoms with van der Waals surface area (Å²) in [6.45, 7) is 3.04. The van der Waals surface area contributed by atoms with Gasteiger partial charge in [0.1, 0.15) is 17.0 Å². The van der Waals surface area contributed by atoms with Crippen LogP contribution in [0.15, 0.2) is 29.9 Å². The molecule has 116 valence electrons. The number of aryl methyl sites for hydroxylation is 1. The van der Waals surface area contributed by atoms with Crippen LogP contribution in [-0.2, 0) is 6.54 Å². The van der Waals surface area contributed by atoms with Gasteiger partial charge < -0.3 is 4.90 Å². The summed E-state index contributed by atoms with van der Waals surface area (Å²) in [6, 6.07) is 5.47. The standard InChI is InChI=1S/C17H13Cl2N3S/c1-3-6-22(8-12-4-5-13(18)7-14(12)19)16-15-11(2)9-23-17(15)21-10-20-16/h1,4-5,7,9-10H,6,8H2,2H3. The third-order valence-electron chi connectivity index (χ3n) is 3.49. The van der Waals surface area contributed by atoms with Crippen molar-refractivity contribution in [1.82, 2.24) is 9.97 Å². The van der Waals surface area contributed by atoms with Gasteiger partial charge in [-0.2, -0.15) is 0 Å². The lowest BCUT2D eigenvalue weighted by Crippen LogP contribution is -2.24. The van der Waals surface area contributed by atoms with Gasteiger partial charge in [0.15, 0.2) is 0 Å². The molecular weight excluding hydrogens is 349 g/mol. The van der Waals surface area contributed by atoms with Gasteiger partial charge in [-0.3, -0.25) is 0 Å². The van der Waals surface area contributed by atoms with E-state index >= 15 is 0 Å². The smallest absolute Gasteiger partial charge is 0.142 e. The molecule has 3 rings (SSSR count). The highest BCUT2D eigenvalue weighted by molar-refractivity contribution is 7.17. The molecule has 3 nitrogen and oxygen atoms in total. The number of hydrogen-bond donors (Lipinski definition) is 0. The summed E-state index contributed by atoms with van der Waals surface area (Å²) in [5.74, 6) is 3.52. The van der Waals surface area contributed by atoms with Crippen molar-refractivity contribution < 1.29 is 0 Å². The summed E-state index contributed by atoms with van der Waals surface area (Å²) >= 11 is 13.9. The number of nitrogens with zero attached hydrogens (tertiary/aromatic N) is 3. The van der Waals surface area contributed by atoms with Crippen LogP contribution < -0.4 is 4.90 Å². The van der Waals surface area contributed by atoms with Crippen molar-refractivity contribution in [2.24, 2.45) is 0 Å². The van der Waals surface area contributed by atoms with Gasteiger partial charge in [0, 0.05) is 16.6 Å². The molecular formula is C17H13Cl2N3S.